The molecular weight excluding hydrogens is 316 g/mol. The lowest BCUT2D eigenvalue weighted by molar-refractivity contribution is -0.0930. The van der Waals surface area contributed by atoms with Gasteiger partial charge >= 0.3 is 0 Å². The molecule has 1 unspecified atom stereocenters. The summed E-state index contributed by atoms with van der Waals surface area (Å²) in [7, 11) is 0. The van der Waals surface area contributed by atoms with Crippen molar-refractivity contribution in [3.8, 4) is 0 Å². The van der Waals surface area contributed by atoms with Crippen LogP contribution in [0.4, 0.5) is 0 Å². The third kappa shape index (κ3) is 2.78. The number of aromatic amines is 1. The highest BCUT2D eigenvalue weighted by molar-refractivity contribution is 6.04. The Hall–Kier alpha value is -2.73. The summed E-state index contributed by atoms with van der Waals surface area (Å²) in [5, 5.41) is 0. The molecule has 3 aromatic rings. The number of ether oxygens (including phenoxy) is 1. The molecule has 3 heterocycles. The van der Waals surface area contributed by atoms with E-state index in [0.29, 0.717) is 36.4 Å². The van der Waals surface area contributed by atoms with Crippen LogP contribution < -0.4 is 0 Å². The standard InChI is InChI=1S/C19H20N4O2/c1-13-21-16-15(8-9-20-17(16)22-13)18(24)23-10-11-25-19(2,12-23)14-6-4-3-5-7-14/h3-9H,10-12H2,1-2H3,(H,20,21,22). The Morgan fingerprint density at radius 2 is 2.08 bits per heavy atom. The molecule has 2 aromatic heterocycles. The predicted molar refractivity (Wildman–Crippen MR) is 94.3 cm³/mol. The van der Waals surface area contributed by atoms with E-state index in [9.17, 15) is 4.79 Å². The fourth-order valence-electron chi connectivity index (χ4n) is 3.38. The second-order valence-corrected chi connectivity index (χ2v) is 6.55. The summed E-state index contributed by atoms with van der Waals surface area (Å²) in [5.74, 6) is 0.723. The van der Waals surface area contributed by atoms with Gasteiger partial charge in [0.15, 0.2) is 5.65 Å². The SMILES string of the molecule is Cc1nc2nccc(C(=O)N3CCOC(C)(c4ccccc4)C3)c2[nH]1. The predicted octanol–water partition coefficient (Wildman–Crippen LogP) is 2.65. The van der Waals surface area contributed by atoms with Crippen LogP contribution >= 0.6 is 0 Å². The van der Waals surface area contributed by atoms with Crippen molar-refractivity contribution >= 4 is 17.1 Å². The number of rotatable bonds is 2. The number of pyridine rings is 1. The first-order chi connectivity index (χ1) is 12.1. The highest BCUT2D eigenvalue weighted by Crippen LogP contribution is 2.30. The molecule has 25 heavy (non-hydrogen) atoms. The fourth-order valence-corrected chi connectivity index (χ4v) is 3.38. The molecule has 0 bridgehead atoms. The van der Waals surface area contributed by atoms with Crippen LogP contribution in [0, 0.1) is 6.92 Å². The van der Waals surface area contributed by atoms with E-state index in [0.717, 1.165) is 11.4 Å². The van der Waals surface area contributed by atoms with Crippen LogP contribution in [0.1, 0.15) is 28.7 Å². The molecule has 6 nitrogen and oxygen atoms in total. The number of H-pyrrole nitrogens is 1. The molecule has 1 aliphatic heterocycles. The van der Waals surface area contributed by atoms with E-state index in [2.05, 4.69) is 15.0 Å². The molecule has 1 aliphatic rings. The van der Waals surface area contributed by atoms with E-state index < -0.39 is 5.60 Å². The van der Waals surface area contributed by atoms with Gasteiger partial charge in [0.25, 0.3) is 5.91 Å². The summed E-state index contributed by atoms with van der Waals surface area (Å²) in [5.41, 5.74) is 2.43. The largest absolute Gasteiger partial charge is 0.367 e. The Morgan fingerprint density at radius 3 is 2.88 bits per heavy atom. The molecule has 6 heteroatoms. The normalized spacial score (nSPS) is 20.8. The quantitative estimate of drug-likeness (QED) is 0.781. The summed E-state index contributed by atoms with van der Waals surface area (Å²) in [6.45, 7) is 5.47. The zero-order valence-corrected chi connectivity index (χ0v) is 14.3. The molecule has 1 N–H and O–H groups in total. The van der Waals surface area contributed by atoms with Gasteiger partial charge in [0.1, 0.15) is 11.4 Å². The maximum absolute atomic E-state index is 13.1. The first kappa shape index (κ1) is 15.8. The van der Waals surface area contributed by atoms with Gasteiger partial charge < -0.3 is 14.6 Å². The monoisotopic (exact) mass is 336 g/mol. The van der Waals surface area contributed by atoms with Crippen LogP contribution in [0.15, 0.2) is 42.6 Å². The molecule has 1 fully saturated rings. The van der Waals surface area contributed by atoms with Gasteiger partial charge in [0.05, 0.1) is 24.2 Å². The maximum Gasteiger partial charge on any atom is 0.256 e. The van der Waals surface area contributed by atoms with E-state index in [1.807, 2.05) is 49.1 Å². The third-order valence-electron chi connectivity index (χ3n) is 4.69. The highest BCUT2D eigenvalue weighted by atomic mass is 16.5. The molecular formula is C19H20N4O2. The Kier molecular flexibility index (Phi) is 3.77. The number of hydrogen-bond donors (Lipinski definition) is 1. The second kappa shape index (κ2) is 5.97. The lowest BCUT2D eigenvalue weighted by Crippen LogP contribution is -2.50. The molecule has 1 aromatic carbocycles. The van der Waals surface area contributed by atoms with Gasteiger partial charge in [-0.15, -0.1) is 0 Å². The number of aryl methyl sites for hydroxylation is 1. The smallest absolute Gasteiger partial charge is 0.256 e. The average Bonchev–Trinajstić information content (AvgIpc) is 3.02. The Balaban J connectivity index is 1.66. The molecule has 0 spiro atoms. The number of hydrogen-bond acceptors (Lipinski definition) is 4. The van der Waals surface area contributed by atoms with E-state index >= 15 is 0 Å². The summed E-state index contributed by atoms with van der Waals surface area (Å²) in [6.07, 6.45) is 1.63. The summed E-state index contributed by atoms with van der Waals surface area (Å²) < 4.78 is 6.03. The Morgan fingerprint density at radius 1 is 1.28 bits per heavy atom. The third-order valence-corrected chi connectivity index (χ3v) is 4.69. The van der Waals surface area contributed by atoms with Crippen molar-refractivity contribution in [3.05, 3.63) is 59.5 Å². The van der Waals surface area contributed by atoms with Gasteiger partial charge in [-0.2, -0.15) is 0 Å². The number of benzene rings is 1. The van der Waals surface area contributed by atoms with E-state index in [1.165, 1.54) is 0 Å². The number of fused-ring (bicyclic) bond motifs is 1. The van der Waals surface area contributed by atoms with E-state index in [4.69, 9.17) is 4.74 Å². The summed E-state index contributed by atoms with van der Waals surface area (Å²) >= 11 is 0. The number of nitrogens with one attached hydrogen (secondary N) is 1. The minimum atomic E-state index is -0.509. The van der Waals surface area contributed by atoms with Crippen LogP contribution in [-0.4, -0.2) is 45.5 Å². The van der Waals surface area contributed by atoms with Crippen molar-refractivity contribution in [3.63, 3.8) is 0 Å². The second-order valence-electron chi connectivity index (χ2n) is 6.55. The van der Waals surface area contributed by atoms with Crippen molar-refractivity contribution in [1.29, 1.82) is 0 Å². The van der Waals surface area contributed by atoms with Crippen LogP contribution in [0.2, 0.25) is 0 Å². The van der Waals surface area contributed by atoms with Crippen molar-refractivity contribution in [1.82, 2.24) is 19.9 Å². The molecule has 128 valence electrons. The van der Waals surface area contributed by atoms with Crippen LogP contribution in [0.25, 0.3) is 11.2 Å². The molecule has 0 aliphatic carbocycles. The van der Waals surface area contributed by atoms with Crippen molar-refractivity contribution < 1.29 is 9.53 Å². The highest BCUT2D eigenvalue weighted by Gasteiger charge is 2.36. The van der Waals surface area contributed by atoms with Gasteiger partial charge in [-0.05, 0) is 25.5 Å². The minimum Gasteiger partial charge on any atom is -0.367 e. The van der Waals surface area contributed by atoms with Gasteiger partial charge in [0.2, 0.25) is 0 Å². The number of amides is 1. The zero-order valence-electron chi connectivity index (χ0n) is 14.3. The van der Waals surface area contributed by atoms with Crippen LogP contribution in [0.3, 0.4) is 0 Å². The van der Waals surface area contributed by atoms with Gasteiger partial charge in [-0.1, -0.05) is 30.3 Å². The summed E-state index contributed by atoms with van der Waals surface area (Å²) in [4.78, 5) is 26.7. The molecule has 1 atom stereocenters. The minimum absolute atomic E-state index is 0.0264. The van der Waals surface area contributed by atoms with Gasteiger partial charge in [0, 0.05) is 12.7 Å². The van der Waals surface area contributed by atoms with Crippen molar-refractivity contribution in [2.45, 2.75) is 19.4 Å². The Bertz CT molecular complexity index is 922. The Labute approximate surface area is 145 Å². The number of carbonyl (C=O) groups excluding carboxylic acids is 1. The first-order valence-electron chi connectivity index (χ1n) is 8.37. The summed E-state index contributed by atoms with van der Waals surface area (Å²) in [6, 6.07) is 11.8. The number of aromatic nitrogens is 3. The lowest BCUT2D eigenvalue weighted by atomic mass is 9.93. The number of carbonyl (C=O) groups is 1. The van der Waals surface area contributed by atoms with Crippen LogP contribution in [-0.2, 0) is 10.3 Å². The molecule has 0 saturated carbocycles. The van der Waals surface area contributed by atoms with Crippen molar-refractivity contribution in [2.75, 3.05) is 19.7 Å². The molecule has 4 rings (SSSR count). The number of morpholine rings is 1. The maximum atomic E-state index is 13.1. The average molecular weight is 336 g/mol. The molecule has 0 radical (unpaired) electrons. The van der Waals surface area contributed by atoms with E-state index in [-0.39, 0.29) is 5.91 Å². The fraction of sp³-hybridized carbons (Fsp3) is 0.316. The van der Waals surface area contributed by atoms with Crippen molar-refractivity contribution in [2.24, 2.45) is 0 Å². The van der Waals surface area contributed by atoms with E-state index in [1.54, 1.807) is 12.3 Å². The number of nitrogens with zero attached hydrogens (tertiary/aromatic N) is 3. The molecule has 1 saturated heterocycles. The lowest BCUT2D eigenvalue weighted by Gasteiger charge is -2.41. The first-order valence-corrected chi connectivity index (χ1v) is 8.37. The zero-order chi connectivity index (χ0) is 17.4. The van der Waals surface area contributed by atoms with Crippen LogP contribution in [0.5, 0.6) is 0 Å². The topological polar surface area (TPSA) is 71.1 Å². The molecule has 1 amide bonds. The number of imidazole rings is 1. The van der Waals surface area contributed by atoms with Gasteiger partial charge in [-0.25, -0.2) is 9.97 Å². The van der Waals surface area contributed by atoms with Gasteiger partial charge in [-0.3, -0.25) is 4.79 Å².